The number of hydrogen-bond donors (Lipinski definition) is 2. The highest BCUT2D eigenvalue weighted by molar-refractivity contribution is 5.88. The molecule has 0 saturated heterocycles. The van der Waals surface area contributed by atoms with Gasteiger partial charge in [-0.2, -0.15) is 0 Å². The molecule has 19 heavy (non-hydrogen) atoms. The highest BCUT2D eigenvalue weighted by Crippen LogP contribution is 2.25. The number of rotatable bonds is 3. The lowest BCUT2D eigenvalue weighted by molar-refractivity contribution is -0.138. The van der Waals surface area contributed by atoms with Crippen LogP contribution >= 0.6 is 0 Å². The highest BCUT2D eigenvalue weighted by Gasteiger charge is 2.20. The average molecular weight is 265 g/mol. The van der Waals surface area contributed by atoms with Gasteiger partial charge in [0, 0.05) is 5.69 Å². The van der Waals surface area contributed by atoms with Gasteiger partial charge < -0.3 is 9.84 Å². The molecule has 0 heterocycles. The first-order valence-corrected chi connectivity index (χ1v) is 6.02. The van der Waals surface area contributed by atoms with Crippen LogP contribution in [-0.2, 0) is 9.53 Å². The molecule has 0 bridgehead atoms. The molecule has 5 heteroatoms. The molecule has 0 fully saturated rings. The smallest absolute Gasteiger partial charge is 0.412 e. The number of benzene rings is 1. The van der Waals surface area contributed by atoms with E-state index < -0.39 is 23.6 Å². The maximum atomic E-state index is 11.7. The van der Waals surface area contributed by atoms with Gasteiger partial charge in [-0.15, -0.1) is 0 Å². The van der Waals surface area contributed by atoms with Crippen LogP contribution in [0.1, 0.15) is 39.2 Å². The summed E-state index contributed by atoms with van der Waals surface area (Å²) < 4.78 is 5.14. The summed E-state index contributed by atoms with van der Waals surface area (Å²) >= 11 is 0. The second-order valence-electron chi connectivity index (χ2n) is 5.27. The molecular weight excluding hydrogens is 246 g/mol. The molecular formula is C14H19NO4. The van der Waals surface area contributed by atoms with E-state index in [1.54, 1.807) is 52.0 Å². The zero-order valence-electron chi connectivity index (χ0n) is 11.6. The van der Waals surface area contributed by atoms with E-state index in [1.165, 1.54) is 0 Å². The first-order chi connectivity index (χ1) is 8.70. The van der Waals surface area contributed by atoms with Crippen molar-refractivity contribution in [1.29, 1.82) is 0 Å². The number of ether oxygens (including phenoxy) is 1. The van der Waals surface area contributed by atoms with Gasteiger partial charge >= 0.3 is 12.1 Å². The Morgan fingerprint density at radius 2 is 1.84 bits per heavy atom. The highest BCUT2D eigenvalue weighted by atomic mass is 16.6. The monoisotopic (exact) mass is 265 g/mol. The first kappa shape index (κ1) is 15.0. The second kappa shape index (κ2) is 5.73. The predicted octanol–water partition coefficient (Wildman–Crippen LogP) is 3.22. The summed E-state index contributed by atoms with van der Waals surface area (Å²) in [5.74, 6) is -1.65. The van der Waals surface area contributed by atoms with Crippen LogP contribution in [0.2, 0.25) is 0 Å². The van der Waals surface area contributed by atoms with Crippen molar-refractivity contribution in [2.45, 2.75) is 39.2 Å². The molecule has 0 unspecified atom stereocenters. The van der Waals surface area contributed by atoms with Gasteiger partial charge in [-0.1, -0.05) is 18.2 Å². The van der Waals surface area contributed by atoms with Gasteiger partial charge in [0.1, 0.15) is 5.60 Å². The van der Waals surface area contributed by atoms with Crippen molar-refractivity contribution in [2.24, 2.45) is 0 Å². The molecule has 1 amide bonds. The largest absolute Gasteiger partial charge is 0.481 e. The normalized spacial score (nSPS) is 12.6. The standard InChI is InChI=1S/C14H19NO4/c1-9(12(16)17)10-7-5-6-8-11(10)15-13(18)19-14(2,3)4/h5-9H,1-4H3,(H,15,18)(H,16,17)/t9-/m1/s1. The Bertz CT molecular complexity index is 477. The Morgan fingerprint density at radius 3 is 2.37 bits per heavy atom. The maximum absolute atomic E-state index is 11.7. The van der Waals surface area contributed by atoms with E-state index in [1.807, 2.05) is 0 Å². The molecule has 0 aliphatic heterocycles. The fourth-order valence-electron chi connectivity index (χ4n) is 1.54. The zero-order chi connectivity index (χ0) is 14.6. The number of amides is 1. The summed E-state index contributed by atoms with van der Waals surface area (Å²) in [5.41, 5.74) is 0.393. The summed E-state index contributed by atoms with van der Waals surface area (Å²) in [4.78, 5) is 22.7. The molecule has 5 nitrogen and oxygen atoms in total. The van der Waals surface area contributed by atoms with Gasteiger partial charge in [-0.05, 0) is 39.3 Å². The van der Waals surface area contributed by atoms with E-state index in [0.29, 0.717) is 11.3 Å². The zero-order valence-corrected chi connectivity index (χ0v) is 11.6. The lowest BCUT2D eigenvalue weighted by atomic mass is 9.99. The molecule has 0 aliphatic carbocycles. The van der Waals surface area contributed by atoms with Crippen molar-refractivity contribution in [3.63, 3.8) is 0 Å². The Kier molecular flexibility index (Phi) is 4.53. The maximum Gasteiger partial charge on any atom is 0.412 e. The predicted molar refractivity (Wildman–Crippen MR) is 72.3 cm³/mol. The van der Waals surface area contributed by atoms with Crippen LogP contribution in [0.25, 0.3) is 0 Å². The van der Waals surface area contributed by atoms with E-state index in [-0.39, 0.29) is 0 Å². The summed E-state index contributed by atoms with van der Waals surface area (Å²) in [6.07, 6.45) is -0.600. The molecule has 104 valence electrons. The van der Waals surface area contributed by atoms with Crippen LogP contribution in [-0.4, -0.2) is 22.8 Å². The van der Waals surface area contributed by atoms with Gasteiger partial charge in [0.2, 0.25) is 0 Å². The van der Waals surface area contributed by atoms with Gasteiger partial charge in [-0.3, -0.25) is 10.1 Å². The van der Waals surface area contributed by atoms with Gasteiger partial charge in [0.05, 0.1) is 5.92 Å². The topological polar surface area (TPSA) is 75.6 Å². The summed E-state index contributed by atoms with van der Waals surface area (Å²) in [5, 5.41) is 11.6. The van der Waals surface area contributed by atoms with E-state index in [2.05, 4.69) is 5.32 Å². The van der Waals surface area contributed by atoms with E-state index in [4.69, 9.17) is 9.84 Å². The van der Waals surface area contributed by atoms with Crippen molar-refractivity contribution in [1.82, 2.24) is 0 Å². The molecule has 1 rings (SSSR count). The second-order valence-corrected chi connectivity index (χ2v) is 5.27. The molecule has 2 N–H and O–H groups in total. The van der Waals surface area contributed by atoms with Crippen LogP contribution in [0.15, 0.2) is 24.3 Å². The van der Waals surface area contributed by atoms with Crippen molar-refractivity contribution in [3.05, 3.63) is 29.8 Å². The number of para-hydroxylation sites is 1. The Labute approximate surface area is 112 Å². The minimum atomic E-state index is -0.946. The van der Waals surface area contributed by atoms with Crippen molar-refractivity contribution >= 4 is 17.7 Å². The number of carbonyl (C=O) groups is 2. The van der Waals surface area contributed by atoms with E-state index >= 15 is 0 Å². The Hall–Kier alpha value is -2.04. The summed E-state index contributed by atoms with van der Waals surface area (Å²) in [7, 11) is 0. The van der Waals surface area contributed by atoms with Crippen molar-refractivity contribution in [2.75, 3.05) is 5.32 Å². The summed E-state index contributed by atoms with van der Waals surface area (Å²) in [6, 6.07) is 6.78. The average Bonchev–Trinajstić information content (AvgIpc) is 2.26. The number of nitrogens with one attached hydrogen (secondary N) is 1. The minimum absolute atomic E-state index is 0.451. The number of hydrogen-bond acceptors (Lipinski definition) is 3. The van der Waals surface area contributed by atoms with Crippen LogP contribution < -0.4 is 5.32 Å². The molecule has 0 saturated carbocycles. The van der Waals surface area contributed by atoms with Gasteiger partial charge in [-0.25, -0.2) is 4.79 Å². The Morgan fingerprint density at radius 1 is 1.26 bits per heavy atom. The number of carbonyl (C=O) groups excluding carboxylic acids is 1. The fraction of sp³-hybridized carbons (Fsp3) is 0.429. The number of aliphatic carboxylic acids is 1. The van der Waals surface area contributed by atoms with Crippen LogP contribution in [0.4, 0.5) is 10.5 Å². The third-order valence-corrected chi connectivity index (χ3v) is 2.43. The fourth-order valence-corrected chi connectivity index (χ4v) is 1.54. The molecule has 1 atom stereocenters. The van der Waals surface area contributed by atoms with Crippen molar-refractivity contribution in [3.8, 4) is 0 Å². The van der Waals surface area contributed by atoms with Crippen LogP contribution in [0, 0.1) is 0 Å². The molecule has 0 aromatic heterocycles. The SMILES string of the molecule is C[C@@H](C(=O)O)c1ccccc1NC(=O)OC(C)(C)C. The van der Waals surface area contributed by atoms with Crippen LogP contribution in [0.3, 0.4) is 0 Å². The third-order valence-electron chi connectivity index (χ3n) is 2.43. The third kappa shape index (κ3) is 4.62. The van der Waals surface area contributed by atoms with E-state index in [9.17, 15) is 9.59 Å². The quantitative estimate of drug-likeness (QED) is 0.879. The molecule has 1 aromatic rings. The lowest BCUT2D eigenvalue weighted by Gasteiger charge is -2.21. The van der Waals surface area contributed by atoms with E-state index in [0.717, 1.165) is 0 Å². The number of carboxylic acid groups (broad SMARTS) is 1. The molecule has 1 aromatic carbocycles. The van der Waals surface area contributed by atoms with Crippen molar-refractivity contribution < 1.29 is 19.4 Å². The number of carboxylic acids is 1. The Balaban J connectivity index is 2.90. The van der Waals surface area contributed by atoms with Crippen LogP contribution in [0.5, 0.6) is 0 Å². The molecule has 0 radical (unpaired) electrons. The molecule has 0 spiro atoms. The molecule has 0 aliphatic rings. The minimum Gasteiger partial charge on any atom is -0.481 e. The lowest BCUT2D eigenvalue weighted by Crippen LogP contribution is -2.27. The van der Waals surface area contributed by atoms with Gasteiger partial charge in [0.15, 0.2) is 0 Å². The number of anilines is 1. The van der Waals surface area contributed by atoms with Gasteiger partial charge in [0.25, 0.3) is 0 Å². The first-order valence-electron chi connectivity index (χ1n) is 6.02. The summed E-state index contributed by atoms with van der Waals surface area (Å²) in [6.45, 7) is 6.85.